The van der Waals surface area contributed by atoms with Gasteiger partial charge >= 0.3 is 0 Å². The van der Waals surface area contributed by atoms with Crippen LogP contribution in [0.1, 0.15) is 5.56 Å². The molecule has 2 aromatic carbocycles. The third-order valence-corrected chi connectivity index (χ3v) is 3.99. The molecule has 0 atom stereocenters. The van der Waals surface area contributed by atoms with Gasteiger partial charge in [-0.1, -0.05) is 0 Å². The minimum atomic E-state index is -0.368. The molecule has 0 heterocycles. The predicted molar refractivity (Wildman–Crippen MR) is 106 cm³/mol. The molecule has 0 bridgehead atoms. The fourth-order valence-corrected chi connectivity index (χ4v) is 2.43. The van der Waals surface area contributed by atoms with Crippen molar-refractivity contribution in [3.05, 3.63) is 45.5 Å². The first-order valence-electron chi connectivity index (χ1n) is 7.57. The molecule has 2 rings (SSSR count). The molecule has 0 aliphatic rings. The molecule has 2 aromatic rings. The standard InChI is InChI=1S/C18H19IN2O5/c1-23-15-8-12(9-16(24-2)18(15)25-3)10-20-21-17(22)11-26-14-6-4-13(19)5-7-14/h4-10H,11H2,1-3H3,(H,21,22). The first-order valence-corrected chi connectivity index (χ1v) is 8.65. The maximum absolute atomic E-state index is 11.8. The summed E-state index contributed by atoms with van der Waals surface area (Å²) in [5.74, 6) is 1.74. The highest BCUT2D eigenvalue weighted by atomic mass is 127. The molecule has 0 saturated carbocycles. The average molecular weight is 470 g/mol. The van der Waals surface area contributed by atoms with Crippen LogP contribution in [0.5, 0.6) is 23.0 Å². The van der Waals surface area contributed by atoms with Crippen molar-refractivity contribution in [3.63, 3.8) is 0 Å². The van der Waals surface area contributed by atoms with E-state index in [1.54, 1.807) is 24.3 Å². The van der Waals surface area contributed by atoms with Crippen molar-refractivity contribution >= 4 is 34.7 Å². The summed E-state index contributed by atoms with van der Waals surface area (Å²) in [4.78, 5) is 11.8. The number of amides is 1. The summed E-state index contributed by atoms with van der Waals surface area (Å²) < 4.78 is 22.3. The highest BCUT2D eigenvalue weighted by Gasteiger charge is 2.12. The van der Waals surface area contributed by atoms with E-state index in [1.807, 2.05) is 12.1 Å². The van der Waals surface area contributed by atoms with E-state index in [1.165, 1.54) is 27.5 Å². The molecule has 138 valence electrons. The molecule has 26 heavy (non-hydrogen) atoms. The summed E-state index contributed by atoms with van der Waals surface area (Å²) >= 11 is 2.20. The number of benzene rings is 2. The SMILES string of the molecule is COc1cc(C=NNC(=O)COc2ccc(I)cc2)cc(OC)c1OC. The van der Waals surface area contributed by atoms with Crippen molar-refractivity contribution in [1.82, 2.24) is 5.43 Å². The van der Waals surface area contributed by atoms with Crippen LogP contribution in [0.4, 0.5) is 0 Å². The zero-order chi connectivity index (χ0) is 18.9. The van der Waals surface area contributed by atoms with Crippen molar-refractivity contribution < 1.29 is 23.7 Å². The van der Waals surface area contributed by atoms with Gasteiger partial charge in [0.2, 0.25) is 5.75 Å². The summed E-state index contributed by atoms with van der Waals surface area (Å²) in [6.07, 6.45) is 1.48. The van der Waals surface area contributed by atoms with Gasteiger partial charge in [0.15, 0.2) is 18.1 Å². The largest absolute Gasteiger partial charge is 0.493 e. The zero-order valence-corrected chi connectivity index (χ0v) is 16.8. The van der Waals surface area contributed by atoms with E-state index in [-0.39, 0.29) is 12.5 Å². The average Bonchev–Trinajstić information content (AvgIpc) is 2.66. The van der Waals surface area contributed by atoms with E-state index in [2.05, 4.69) is 33.1 Å². The summed E-state index contributed by atoms with van der Waals surface area (Å²) in [7, 11) is 4.59. The van der Waals surface area contributed by atoms with Gasteiger partial charge in [-0.25, -0.2) is 5.43 Å². The highest BCUT2D eigenvalue weighted by molar-refractivity contribution is 14.1. The van der Waals surface area contributed by atoms with Crippen molar-refractivity contribution in [2.45, 2.75) is 0 Å². The van der Waals surface area contributed by atoms with Gasteiger partial charge < -0.3 is 18.9 Å². The summed E-state index contributed by atoms with van der Waals surface area (Å²) in [5.41, 5.74) is 3.09. The smallest absolute Gasteiger partial charge is 0.277 e. The Morgan fingerprint density at radius 1 is 1.08 bits per heavy atom. The number of carbonyl (C=O) groups excluding carboxylic acids is 1. The lowest BCUT2D eigenvalue weighted by Gasteiger charge is -2.12. The van der Waals surface area contributed by atoms with E-state index in [4.69, 9.17) is 18.9 Å². The maximum Gasteiger partial charge on any atom is 0.277 e. The van der Waals surface area contributed by atoms with E-state index in [0.29, 0.717) is 28.6 Å². The molecule has 0 radical (unpaired) electrons. The maximum atomic E-state index is 11.8. The lowest BCUT2D eigenvalue weighted by molar-refractivity contribution is -0.123. The van der Waals surface area contributed by atoms with Crippen molar-refractivity contribution in [3.8, 4) is 23.0 Å². The molecule has 0 aliphatic carbocycles. The minimum Gasteiger partial charge on any atom is -0.493 e. The van der Waals surface area contributed by atoms with Crippen molar-refractivity contribution in [2.24, 2.45) is 5.10 Å². The van der Waals surface area contributed by atoms with Crippen LogP contribution >= 0.6 is 22.6 Å². The van der Waals surface area contributed by atoms with Gasteiger partial charge in [0, 0.05) is 9.13 Å². The number of ether oxygens (including phenoxy) is 4. The zero-order valence-electron chi connectivity index (χ0n) is 14.6. The lowest BCUT2D eigenvalue weighted by atomic mass is 10.2. The van der Waals surface area contributed by atoms with Crippen LogP contribution in [-0.2, 0) is 4.79 Å². The van der Waals surface area contributed by atoms with Crippen LogP contribution in [-0.4, -0.2) is 40.1 Å². The van der Waals surface area contributed by atoms with Gasteiger partial charge in [-0.3, -0.25) is 4.79 Å². The lowest BCUT2D eigenvalue weighted by Crippen LogP contribution is -2.24. The number of hydrogen-bond donors (Lipinski definition) is 1. The van der Waals surface area contributed by atoms with Gasteiger partial charge in [0.1, 0.15) is 5.75 Å². The van der Waals surface area contributed by atoms with Crippen LogP contribution < -0.4 is 24.4 Å². The molecular formula is C18H19IN2O5. The molecule has 0 fully saturated rings. The second kappa shape index (κ2) is 9.85. The number of nitrogens with zero attached hydrogens (tertiary/aromatic N) is 1. The summed E-state index contributed by atoms with van der Waals surface area (Å²) in [6.45, 7) is -0.132. The monoisotopic (exact) mass is 470 g/mol. The Kier molecular flexibility index (Phi) is 7.52. The molecular weight excluding hydrogens is 451 g/mol. The van der Waals surface area contributed by atoms with E-state index >= 15 is 0 Å². The Morgan fingerprint density at radius 3 is 2.23 bits per heavy atom. The van der Waals surface area contributed by atoms with Crippen molar-refractivity contribution in [1.29, 1.82) is 0 Å². The number of carbonyl (C=O) groups is 1. The Balaban J connectivity index is 1.94. The van der Waals surface area contributed by atoms with Crippen LogP contribution in [0.15, 0.2) is 41.5 Å². The molecule has 7 nitrogen and oxygen atoms in total. The molecule has 8 heteroatoms. The van der Waals surface area contributed by atoms with Gasteiger partial charge in [0.25, 0.3) is 5.91 Å². The van der Waals surface area contributed by atoms with Crippen LogP contribution in [0.25, 0.3) is 0 Å². The van der Waals surface area contributed by atoms with E-state index in [9.17, 15) is 4.79 Å². The highest BCUT2D eigenvalue weighted by Crippen LogP contribution is 2.37. The van der Waals surface area contributed by atoms with E-state index < -0.39 is 0 Å². The Hall–Kier alpha value is -2.49. The van der Waals surface area contributed by atoms with Gasteiger partial charge in [-0.2, -0.15) is 5.10 Å². The molecule has 1 amide bonds. The second-order valence-electron chi connectivity index (χ2n) is 4.99. The summed E-state index contributed by atoms with van der Waals surface area (Å²) in [6, 6.07) is 10.8. The predicted octanol–water partition coefficient (Wildman–Crippen LogP) is 2.85. The molecule has 0 aromatic heterocycles. The van der Waals surface area contributed by atoms with Crippen molar-refractivity contribution in [2.75, 3.05) is 27.9 Å². The number of hydrazone groups is 1. The molecule has 0 aliphatic heterocycles. The van der Waals surface area contributed by atoms with Gasteiger partial charge in [0.05, 0.1) is 27.5 Å². The van der Waals surface area contributed by atoms with Crippen LogP contribution in [0.3, 0.4) is 0 Å². The third-order valence-electron chi connectivity index (χ3n) is 3.27. The number of rotatable bonds is 8. The molecule has 0 unspecified atom stereocenters. The summed E-state index contributed by atoms with van der Waals surface area (Å²) in [5, 5.41) is 3.92. The fourth-order valence-electron chi connectivity index (χ4n) is 2.07. The molecule has 1 N–H and O–H groups in total. The van der Waals surface area contributed by atoms with E-state index in [0.717, 1.165) is 3.57 Å². The number of halogens is 1. The Bertz CT molecular complexity index is 753. The first kappa shape index (κ1) is 19.8. The Labute approximate surface area is 165 Å². The molecule has 0 spiro atoms. The molecule has 0 saturated heterocycles. The topological polar surface area (TPSA) is 78.4 Å². The Morgan fingerprint density at radius 2 is 1.69 bits per heavy atom. The normalized spacial score (nSPS) is 10.5. The first-order chi connectivity index (χ1) is 12.6. The second-order valence-corrected chi connectivity index (χ2v) is 6.24. The number of hydrogen-bond acceptors (Lipinski definition) is 6. The third kappa shape index (κ3) is 5.51. The number of nitrogens with one attached hydrogen (secondary N) is 1. The quantitative estimate of drug-likeness (QED) is 0.365. The van der Waals surface area contributed by atoms with Gasteiger partial charge in [-0.15, -0.1) is 0 Å². The van der Waals surface area contributed by atoms with Crippen LogP contribution in [0.2, 0.25) is 0 Å². The number of methoxy groups -OCH3 is 3. The fraction of sp³-hybridized carbons (Fsp3) is 0.222. The van der Waals surface area contributed by atoms with Gasteiger partial charge in [-0.05, 0) is 59.0 Å². The van der Waals surface area contributed by atoms with Crippen LogP contribution in [0, 0.1) is 3.57 Å². The minimum absolute atomic E-state index is 0.132.